The molecule has 0 radical (unpaired) electrons. The lowest BCUT2D eigenvalue weighted by Crippen LogP contribution is -2.00. The standard InChI is InChI=1S/C13H14N2/c1-2-13(11-5-3-7-14-9-11)12-6-4-8-15-10-12/h3-10,13H,2H2,1H3. The zero-order valence-corrected chi connectivity index (χ0v) is 8.80. The zero-order valence-electron chi connectivity index (χ0n) is 8.80. The molecule has 0 aliphatic carbocycles. The summed E-state index contributed by atoms with van der Waals surface area (Å²) in [6.45, 7) is 2.19. The van der Waals surface area contributed by atoms with E-state index in [1.54, 1.807) is 12.4 Å². The Hall–Kier alpha value is -1.70. The summed E-state index contributed by atoms with van der Waals surface area (Å²) in [4.78, 5) is 8.32. The SMILES string of the molecule is CCC(c1cccnc1)c1cccnc1. The number of hydrogen-bond acceptors (Lipinski definition) is 2. The normalized spacial score (nSPS) is 10.5. The van der Waals surface area contributed by atoms with Crippen LogP contribution in [0.15, 0.2) is 49.1 Å². The smallest absolute Gasteiger partial charge is 0.0306 e. The maximum atomic E-state index is 4.16. The maximum Gasteiger partial charge on any atom is 0.0306 e. The quantitative estimate of drug-likeness (QED) is 0.757. The van der Waals surface area contributed by atoms with E-state index in [2.05, 4.69) is 29.0 Å². The fraction of sp³-hybridized carbons (Fsp3) is 0.231. The van der Waals surface area contributed by atoms with E-state index in [0.717, 1.165) is 6.42 Å². The highest BCUT2D eigenvalue weighted by Crippen LogP contribution is 2.25. The highest BCUT2D eigenvalue weighted by molar-refractivity contribution is 5.28. The second-order valence-corrected chi connectivity index (χ2v) is 3.53. The van der Waals surface area contributed by atoms with Crippen LogP contribution in [-0.4, -0.2) is 9.97 Å². The van der Waals surface area contributed by atoms with Crippen LogP contribution >= 0.6 is 0 Å². The molecule has 0 fully saturated rings. The summed E-state index contributed by atoms with van der Waals surface area (Å²) < 4.78 is 0. The molecule has 76 valence electrons. The van der Waals surface area contributed by atoms with E-state index < -0.39 is 0 Å². The third-order valence-corrected chi connectivity index (χ3v) is 2.58. The molecule has 2 nitrogen and oxygen atoms in total. The van der Waals surface area contributed by atoms with E-state index in [-0.39, 0.29) is 0 Å². The summed E-state index contributed by atoms with van der Waals surface area (Å²) in [5, 5.41) is 0. The molecule has 0 atom stereocenters. The molecule has 2 heterocycles. The van der Waals surface area contributed by atoms with E-state index in [1.165, 1.54) is 11.1 Å². The third kappa shape index (κ3) is 2.21. The fourth-order valence-corrected chi connectivity index (χ4v) is 1.83. The second kappa shape index (κ2) is 4.69. The van der Waals surface area contributed by atoms with Crippen molar-refractivity contribution < 1.29 is 0 Å². The van der Waals surface area contributed by atoms with Crippen molar-refractivity contribution in [3.63, 3.8) is 0 Å². The molecule has 0 saturated carbocycles. The van der Waals surface area contributed by atoms with E-state index >= 15 is 0 Å². The minimum atomic E-state index is 0.410. The van der Waals surface area contributed by atoms with Crippen LogP contribution < -0.4 is 0 Å². The van der Waals surface area contributed by atoms with Gasteiger partial charge in [0.2, 0.25) is 0 Å². The van der Waals surface area contributed by atoms with Gasteiger partial charge in [-0.15, -0.1) is 0 Å². The number of pyridine rings is 2. The Morgan fingerprint density at radius 1 is 1.00 bits per heavy atom. The van der Waals surface area contributed by atoms with Crippen LogP contribution in [0, 0.1) is 0 Å². The van der Waals surface area contributed by atoms with E-state index in [4.69, 9.17) is 0 Å². The Kier molecular flexibility index (Phi) is 3.08. The first-order chi connectivity index (χ1) is 7.42. The van der Waals surface area contributed by atoms with E-state index in [1.807, 2.05) is 24.5 Å². The molecular weight excluding hydrogens is 184 g/mol. The van der Waals surface area contributed by atoms with Crippen molar-refractivity contribution in [3.05, 3.63) is 60.2 Å². The Bertz CT molecular complexity index is 358. The van der Waals surface area contributed by atoms with Gasteiger partial charge >= 0.3 is 0 Å². The summed E-state index contributed by atoms with van der Waals surface area (Å²) >= 11 is 0. The van der Waals surface area contributed by atoms with Gasteiger partial charge in [-0.2, -0.15) is 0 Å². The Morgan fingerprint density at radius 2 is 1.53 bits per heavy atom. The number of rotatable bonds is 3. The molecule has 2 rings (SSSR count). The molecule has 2 heteroatoms. The van der Waals surface area contributed by atoms with Crippen molar-refractivity contribution in [2.24, 2.45) is 0 Å². The first-order valence-electron chi connectivity index (χ1n) is 5.21. The van der Waals surface area contributed by atoms with Gasteiger partial charge in [-0.3, -0.25) is 9.97 Å². The van der Waals surface area contributed by atoms with Crippen LogP contribution in [0.5, 0.6) is 0 Å². The first kappa shape index (κ1) is 9.84. The minimum absolute atomic E-state index is 0.410. The molecule has 0 saturated heterocycles. The van der Waals surface area contributed by atoms with E-state index in [0.29, 0.717) is 5.92 Å². The van der Waals surface area contributed by atoms with Crippen LogP contribution in [0.2, 0.25) is 0 Å². The molecule has 0 aliphatic heterocycles. The molecule has 0 aromatic carbocycles. The van der Waals surface area contributed by atoms with Crippen LogP contribution in [0.4, 0.5) is 0 Å². The molecule has 0 amide bonds. The molecule has 0 unspecified atom stereocenters. The van der Waals surface area contributed by atoms with Gasteiger partial charge < -0.3 is 0 Å². The van der Waals surface area contributed by atoms with Gasteiger partial charge in [-0.25, -0.2) is 0 Å². The predicted molar refractivity (Wildman–Crippen MR) is 60.6 cm³/mol. The lowest BCUT2D eigenvalue weighted by molar-refractivity contribution is 0.768. The van der Waals surface area contributed by atoms with Crippen molar-refractivity contribution >= 4 is 0 Å². The van der Waals surface area contributed by atoms with Crippen LogP contribution in [0.3, 0.4) is 0 Å². The molecule has 0 aliphatic rings. The number of hydrogen-bond donors (Lipinski definition) is 0. The molecule has 0 N–H and O–H groups in total. The van der Waals surface area contributed by atoms with Crippen LogP contribution in [-0.2, 0) is 0 Å². The van der Waals surface area contributed by atoms with Crippen molar-refractivity contribution in [2.45, 2.75) is 19.3 Å². The summed E-state index contributed by atoms with van der Waals surface area (Å²) in [6.07, 6.45) is 8.54. The van der Waals surface area contributed by atoms with Crippen molar-refractivity contribution in [2.75, 3.05) is 0 Å². The zero-order chi connectivity index (χ0) is 10.5. The van der Waals surface area contributed by atoms with Gasteiger partial charge in [-0.05, 0) is 29.7 Å². The molecule has 0 spiro atoms. The predicted octanol–water partition coefficient (Wildman–Crippen LogP) is 3.02. The maximum absolute atomic E-state index is 4.16. The lowest BCUT2D eigenvalue weighted by Gasteiger charge is -2.14. The summed E-state index contributed by atoms with van der Waals surface area (Å²) in [6, 6.07) is 8.20. The highest BCUT2D eigenvalue weighted by atomic mass is 14.6. The first-order valence-corrected chi connectivity index (χ1v) is 5.21. The molecular formula is C13H14N2. The third-order valence-electron chi connectivity index (χ3n) is 2.58. The second-order valence-electron chi connectivity index (χ2n) is 3.53. The van der Waals surface area contributed by atoms with Crippen molar-refractivity contribution in [3.8, 4) is 0 Å². The van der Waals surface area contributed by atoms with Gasteiger partial charge in [0, 0.05) is 30.7 Å². The lowest BCUT2D eigenvalue weighted by atomic mass is 9.91. The van der Waals surface area contributed by atoms with Gasteiger partial charge in [-0.1, -0.05) is 19.1 Å². The summed E-state index contributed by atoms with van der Waals surface area (Å²) in [5.41, 5.74) is 2.51. The van der Waals surface area contributed by atoms with Crippen LogP contribution in [0.1, 0.15) is 30.4 Å². The number of nitrogens with zero attached hydrogens (tertiary/aromatic N) is 2. The average Bonchev–Trinajstić information content (AvgIpc) is 2.33. The molecule has 15 heavy (non-hydrogen) atoms. The largest absolute Gasteiger partial charge is 0.264 e. The average molecular weight is 198 g/mol. The van der Waals surface area contributed by atoms with Crippen molar-refractivity contribution in [1.29, 1.82) is 0 Å². The molecule has 2 aromatic rings. The van der Waals surface area contributed by atoms with Crippen molar-refractivity contribution in [1.82, 2.24) is 9.97 Å². The topological polar surface area (TPSA) is 25.8 Å². The summed E-state index contributed by atoms with van der Waals surface area (Å²) in [5.74, 6) is 0.410. The fourth-order valence-electron chi connectivity index (χ4n) is 1.83. The molecule has 0 bridgehead atoms. The Morgan fingerprint density at radius 3 is 1.87 bits per heavy atom. The summed E-state index contributed by atoms with van der Waals surface area (Å²) in [7, 11) is 0. The monoisotopic (exact) mass is 198 g/mol. The van der Waals surface area contributed by atoms with E-state index in [9.17, 15) is 0 Å². The van der Waals surface area contributed by atoms with Gasteiger partial charge in [0.15, 0.2) is 0 Å². The van der Waals surface area contributed by atoms with Gasteiger partial charge in [0.05, 0.1) is 0 Å². The Balaban J connectivity index is 2.34. The molecule has 2 aromatic heterocycles. The van der Waals surface area contributed by atoms with Gasteiger partial charge in [0.25, 0.3) is 0 Å². The van der Waals surface area contributed by atoms with Crippen LogP contribution in [0.25, 0.3) is 0 Å². The number of aromatic nitrogens is 2. The highest BCUT2D eigenvalue weighted by Gasteiger charge is 2.11. The Labute approximate surface area is 90.0 Å². The minimum Gasteiger partial charge on any atom is -0.264 e. The van der Waals surface area contributed by atoms with Gasteiger partial charge in [0.1, 0.15) is 0 Å².